The Morgan fingerprint density at radius 2 is 2.20 bits per heavy atom. The van der Waals surface area contributed by atoms with Gasteiger partial charge in [-0.1, -0.05) is 0 Å². The average Bonchev–Trinajstić information content (AvgIpc) is 2.59. The smallest absolute Gasteiger partial charge is 0.134 e. The Morgan fingerprint density at radius 3 is 2.80 bits per heavy atom. The van der Waals surface area contributed by atoms with Gasteiger partial charge >= 0.3 is 0 Å². The molecule has 3 nitrogen and oxygen atoms in total. The zero-order valence-corrected chi connectivity index (χ0v) is 6.01. The van der Waals surface area contributed by atoms with E-state index in [1.165, 1.54) is 6.42 Å². The third-order valence-corrected chi connectivity index (χ3v) is 2.05. The molecule has 0 saturated carbocycles. The van der Waals surface area contributed by atoms with Crippen molar-refractivity contribution in [1.82, 2.24) is 5.32 Å². The summed E-state index contributed by atoms with van der Waals surface area (Å²) >= 11 is 0. The van der Waals surface area contributed by atoms with Gasteiger partial charge in [0, 0.05) is 13.2 Å². The second kappa shape index (κ2) is 2.86. The van der Waals surface area contributed by atoms with E-state index in [9.17, 15) is 0 Å². The molecule has 0 aromatic carbocycles. The molecule has 0 aromatic heterocycles. The lowest BCUT2D eigenvalue weighted by atomic mass is 10.2. The SMILES string of the molecule is C1COC(C2NCCO2)C1. The number of hydrogen-bond donors (Lipinski definition) is 1. The van der Waals surface area contributed by atoms with E-state index in [2.05, 4.69) is 5.32 Å². The van der Waals surface area contributed by atoms with E-state index in [0.29, 0.717) is 6.10 Å². The quantitative estimate of drug-likeness (QED) is 0.565. The monoisotopic (exact) mass is 143 g/mol. The molecule has 0 spiro atoms. The fourth-order valence-corrected chi connectivity index (χ4v) is 1.53. The highest BCUT2D eigenvalue weighted by atomic mass is 16.6. The van der Waals surface area contributed by atoms with Crippen molar-refractivity contribution in [3.05, 3.63) is 0 Å². The Balaban J connectivity index is 1.85. The Labute approximate surface area is 60.7 Å². The van der Waals surface area contributed by atoms with E-state index < -0.39 is 0 Å². The van der Waals surface area contributed by atoms with E-state index in [4.69, 9.17) is 9.47 Å². The van der Waals surface area contributed by atoms with Crippen LogP contribution < -0.4 is 5.32 Å². The van der Waals surface area contributed by atoms with Crippen LogP contribution in [0.2, 0.25) is 0 Å². The van der Waals surface area contributed by atoms with E-state index in [-0.39, 0.29) is 6.23 Å². The second-order valence-corrected chi connectivity index (χ2v) is 2.80. The highest BCUT2D eigenvalue weighted by Gasteiger charge is 2.28. The summed E-state index contributed by atoms with van der Waals surface area (Å²) in [5.41, 5.74) is 0. The summed E-state index contributed by atoms with van der Waals surface area (Å²) in [6.07, 6.45) is 2.84. The number of ether oxygens (including phenoxy) is 2. The minimum Gasteiger partial charge on any atom is -0.374 e. The molecule has 0 bridgehead atoms. The predicted octanol–water partition coefficient (Wildman–Crippen LogP) is 0.111. The van der Waals surface area contributed by atoms with Crippen molar-refractivity contribution >= 4 is 0 Å². The molecule has 58 valence electrons. The maximum absolute atomic E-state index is 5.45. The zero-order chi connectivity index (χ0) is 6.81. The summed E-state index contributed by atoms with van der Waals surface area (Å²) in [7, 11) is 0. The molecule has 2 rings (SSSR count). The van der Waals surface area contributed by atoms with Crippen LogP contribution >= 0.6 is 0 Å². The van der Waals surface area contributed by atoms with Crippen LogP contribution in [0.5, 0.6) is 0 Å². The molecule has 10 heavy (non-hydrogen) atoms. The largest absolute Gasteiger partial charge is 0.374 e. The maximum atomic E-state index is 5.45. The minimum absolute atomic E-state index is 0.183. The van der Waals surface area contributed by atoms with E-state index in [0.717, 1.165) is 26.2 Å². The van der Waals surface area contributed by atoms with Crippen molar-refractivity contribution in [2.75, 3.05) is 19.8 Å². The van der Waals surface area contributed by atoms with Crippen LogP contribution in [0.25, 0.3) is 0 Å². The molecule has 3 heteroatoms. The van der Waals surface area contributed by atoms with Gasteiger partial charge in [0.25, 0.3) is 0 Å². The Bertz CT molecular complexity index is 92.2. The van der Waals surface area contributed by atoms with Crippen molar-refractivity contribution in [1.29, 1.82) is 0 Å². The lowest BCUT2D eigenvalue weighted by molar-refractivity contribution is -0.0258. The molecule has 2 aliphatic heterocycles. The van der Waals surface area contributed by atoms with Gasteiger partial charge in [0.05, 0.1) is 12.7 Å². The van der Waals surface area contributed by atoms with Crippen molar-refractivity contribution in [2.24, 2.45) is 0 Å². The molecular weight excluding hydrogens is 130 g/mol. The van der Waals surface area contributed by atoms with Gasteiger partial charge < -0.3 is 9.47 Å². The third kappa shape index (κ3) is 1.17. The highest BCUT2D eigenvalue weighted by molar-refractivity contribution is 4.76. The van der Waals surface area contributed by atoms with Gasteiger partial charge in [-0.15, -0.1) is 0 Å². The van der Waals surface area contributed by atoms with Crippen LogP contribution in [0.15, 0.2) is 0 Å². The first-order chi connectivity index (χ1) is 4.97. The molecule has 2 heterocycles. The predicted molar refractivity (Wildman–Crippen MR) is 36.7 cm³/mol. The van der Waals surface area contributed by atoms with Crippen molar-refractivity contribution in [3.63, 3.8) is 0 Å². The molecule has 2 fully saturated rings. The number of nitrogens with one attached hydrogen (secondary N) is 1. The van der Waals surface area contributed by atoms with Crippen LogP contribution in [0.3, 0.4) is 0 Å². The fourth-order valence-electron chi connectivity index (χ4n) is 1.53. The summed E-state index contributed by atoms with van der Waals surface area (Å²) in [6.45, 7) is 2.72. The molecule has 0 radical (unpaired) electrons. The number of rotatable bonds is 1. The molecule has 2 aliphatic rings. The van der Waals surface area contributed by atoms with E-state index in [1.807, 2.05) is 0 Å². The van der Waals surface area contributed by atoms with Crippen LogP contribution in [-0.4, -0.2) is 32.1 Å². The van der Waals surface area contributed by atoms with Gasteiger partial charge in [0.1, 0.15) is 6.23 Å². The van der Waals surface area contributed by atoms with Crippen LogP contribution in [0, 0.1) is 0 Å². The molecule has 2 unspecified atom stereocenters. The first-order valence-corrected chi connectivity index (χ1v) is 3.93. The lowest BCUT2D eigenvalue weighted by Gasteiger charge is -2.16. The van der Waals surface area contributed by atoms with Crippen LogP contribution in [0.4, 0.5) is 0 Å². The Hall–Kier alpha value is -0.120. The summed E-state index contributed by atoms with van der Waals surface area (Å²) in [5.74, 6) is 0. The molecule has 0 amide bonds. The van der Waals surface area contributed by atoms with Gasteiger partial charge in [-0.3, -0.25) is 5.32 Å². The normalized spacial score (nSPS) is 40.8. The van der Waals surface area contributed by atoms with Gasteiger partial charge in [0.2, 0.25) is 0 Å². The first-order valence-electron chi connectivity index (χ1n) is 3.93. The highest BCUT2D eigenvalue weighted by Crippen LogP contribution is 2.17. The fraction of sp³-hybridized carbons (Fsp3) is 1.00. The summed E-state index contributed by atoms with van der Waals surface area (Å²) in [5, 5.41) is 3.25. The van der Waals surface area contributed by atoms with Gasteiger partial charge in [-0.05, 0) is 12.8 Å². The molecule has 2 atom stereocenters. The molecule has 0 aliphatic carbocycles. The average molecular weight is 143 g/mol. The van der Waals surface area contributed by atoms with Gasteiger partial charge in [0.15, 0.2) is 0 Å². The molecular formula is C7H13NO2. The lowest BCUT2D eigenvalue weighted by Crippen LogP contribution is -2.35. The summed E-state index contributed by atoms with van der Waals surface area (Å²) in [4.78, 5) is 0. The Kier molecular flexibility index (Phi) is 1.88. The summed E-state index contributed by atoms with van der Waals surface area (Å²) < 4.78 is 10.9. The first kappa shape index (κ1) is 6.58. The van der Waals surface area contributed by atoms with Crippen molar-refractivity contribution in [2.45, 2.75) is 25.2 Å². The van der Waals surface area contributed by atoms with Crippen molar-refractivity contribution < 1.29 is 9.47 Å². The number of hydrogen-bond acceptors (Lipinski definition) is 3. The summed E-state index contributed by atoms with van der Waals surface area (Å²) in [6, 6.07) is 0. The zero-order valence-electron chi connectivity index (χ0n) is 6.01. The minimum atomic E-state index is 0.183. The maximum Gasteiger partial charge on any atom is 0.134 e. The molecule has 0 aromatic rings. The van der Waals surface area contributed by atoms with Crippen LogP contribution in [0.1, 0.15) is 12.8 Å². The van der Waals surface area contributed by atoms with Crippen LogP contribution in [-0.2, 0) is 9.47 Å². The van der Waals surface area contributed by atoms with E-state index >= 15 is 0 Å². The van der Waals surface area contributed by atoms with Crippen molar-refractivity contribution in [3.8, 4) is 0 Å². The second-order valence-electron chi connectivity index (χ2n) is 2.80. The third-order valence-electron chi connectivity index (χ3n) is 2.05. The van der Waals surface area contributed by atoms with Gasteiger partial charge in [-0.2, -0.15) is 0 Å². The topological polar surface area (TPSA) is 30.5 Å². The van der Waals surface area contributed by atoms with E-state index in [1.54, 1.807) is 0 Å². The Morgan fingerprint density at radius 1 is 1.20 bits per heavy atom. The van der Waals surface area contributed by atoms with Gasteiger partial charge in [-0.25, -0.2) is 0 Å². The standard InChI is InChI=1S/C7H13NO2/c1-2-6(9-4-1)7-8-3-5-10-7/h6-8H,1-5H2. The molecule has 2 saturated heterocycles. The molecule has 1 N–H and O–H groups in total.